The van der Waals surface area contributed by atoms with Crippen LogP contribution in [0.5, 0.6) is 5.88 Å². The number of amides is 1. The standard InChI is InChI=1S/C27H25F3N6O2.ClH/c1-38-24-7-3-17(14-34-24)16-2-5-22-19(12-16)25(20(15-33-22)26(31)37)35-18-4-6-23(21(13-18)27(28,29)30)36-10-8-32-9-11-36;/h2-7,12-15,32H,8-11H2,1H3,(H2,31,37)(H,33,35);1H. The van der Waals surface area contributed by atoms with E-state index < -0.39 is 17.6 Å². The summed E-state index contributed by atoms with van der Waals surface area (Å²) in [6.07, 6.45) is -1.61. The Morgan fingerprint density at radius 2 is 1.77 bits per heavy atom. The number of pyridine rings is 2. The molecule has 1 aliphatic rings. The highest BCUT2D eigenvalue weighted by Crippen LogP contribution is 2.40. The second-order valence-electron chi connectivity index (χ2n) is 8.82. The molecule has 5 rings (SSSR count). The van der Waals surface area contributed by atoms with Crippen LogP contribution < -0.4 is 26.0 Å². The van der Waals surface area contributed by atoms with E-state index in [1.165, 1.54) is 19.4 Å². The number of alkyl halides is 3. The summed E-state index contributed by atoms with van der Waals surface area (Å²) in [6, 6.07) is 13.0. The molecule has 39 heavy (non-hydrogen) atoms. The van der Waals surface area contributed by atoms with Crippen LogP contribution in [0.15, 0.2) is 60.9 Å². The zero-order chi connectivity index (χ0) is 26.9. The van der Waals surface area contributed by atoms with Gasteiger partial charge in [-0.15, -0.1) is 12.4 Å². The lowest BCUT2D eigenvalue weighted by Gasteiger charge is -2.31. The molecule has 0 bridgehead atoms. The van der Waals surface area contributed by atoms with E-state index in [-0.39, 0.29) is 35.0 Å². The van der Waals surface area contributed by atoms with Gasteiger partial charge in [0, 0.05) is 67.0 Å². The lowest BCUT2D eigenvalue weighted by molar-refractivity contribution is -0.137. The predicted molar refractivity (Wildman–Crippen MR) is 147 cm³/mol. The Bertz CT molecular complexity index is 1490. The maximum atomic E-state index is 14.1. The largest absolute Gasteiger partial charge is 0.481 e. The summed E-state index contributed by atoms with van der Waals surface area (Å²) in [4.78, 5) is 22.6. The van der Waals surface area contributed by atoms with Gasteiger partial charge in [0.1, 0.15) is 0 Å². The van der Waals surface area contributed by atoms with Gasteiger partial charge in [-0.2, -0.15) is 13.2 Å². The maximum absolute atomic E-state index is 14.1. The SMILES string of the molecule is COc1ccc(-c2ccc3ncc(C(N)=O)c(Nc4ccc(N5CCNCC5)c(C(F)(F)F)c4)c3c2)cn1.Cl. The molecule has 0 radical (unpaired) electrons. The van der Waals surface area contributed by atoms with E-state index in [1.54, 1.807) is 35.4 Å². The van der Waals surface area contributed by atoms with Crippen molar-refractivity contribution in [1.82, 2.24) is 15.3 Å². The van der Waals surface area contributed by atoms with Crippen molar-refractivity contribution in [3.05, 3.63) is 72.1 Å². The number of methoxy groups -OCH3 is 1. The lowest BCUT2D eigenvalue weighted by Crippen LogP contribution is -2.44. The zero-order valence-corrected chi connectivity index (χ0v) is 21.7. The molecular formula is C27H26ClF3N6O2. The van der Waals surface area contributed by atoms with E-state index in [2.05, 4.69) is 20.6 Å². The number of fused-ring (bicyclic) bond motifs is 1. The minimum atomic E-state index is -4.57. The van der Waals surface area contributed by atoms with Crippen LogP contribution in [0.4, 0.5) is 30.2 Å². The topological polar surface area (TPSA) is 105 Å². The number of nitrogens with zero attached hydrogens (tertiary/aromatic N) is 3. The van der Waals surface area contributed by atoms with Gasteiger partial charge >= 0.3 is 6.18 Å². The molecule has 0 saturated carbocycles. The van der Waals surface area contributed by atoms with Crippen molar-refractivity contribution in [3.63, 3.8) is 0 Å². The minimum absolute atomic E-state index is 0. The number of hydrogen-bond acceptors (Lipinski definition) is 7. The number of rotatable bonds is 6. The van der Waals surface area contributed by atoms with Crippen LogP contribution in [0.2, 0.25) is 0 Å². The Balaban J connectivity index is 0.00000353. The van der Waals surface area contributed by atoms with Gasteiger partial charge in [-0.25, -0.2) is 4.98 Å². The quantitative estimate of drug-likeness (QED) is 0.306. The first-order chi connectivity index (χ1) is 18.2. The molecule has 0 aliphatic carbocycles. The number of hydrogen-bond donors (Lipinski definition) is 3. The molecule has 3 heterocycles. The van der Waals surface area contributed by atoms with Crippen molar-refractivity contribution in [1.29, 1.82) is 0 Å². The number of anilines is 3. The normalized spacial score (nSPS) is 13.6. The highest BCUT2D eigenvalue weighted by atomic mass is 35.5. The number of aromatic nitrogens is 2. The Morgan fingerprint density at radius 1 is 1.03 bits per heavy atom. The molecule has 0 atom stereocenters. The molecule has 8 nitrogen and oxygen atoms in total. The summed E-state index contributed by atoms with van der Waals surface area (Å²) in [6.45, 7) is 2.15. The average molecular weight is 559 g/mol. The number of halogens is 4. The van der Waals surface area contributed by atoms with Crippen LogP contribution >= 0.6 is 12.4 Å². The number of carbonyl (C=O) groups is 1. The fraction of sp³-hybridized carbons (Fsp3) is 0.222. The van der Waals surface area contributed by atoms with E-state index in [1.807, 2.05) is 12.1 Å². The molecule has 0 unspecified atom stereocenters. The number of ether oxygens (including phenoxy) is 1. The van der Waals surface area contributed by atoms with Gasteiger partial charge in [-0.1, -0.05) is 6.07 Å². The zero-order valence-electron chi connectivity index (χ0n) is 20.9. The van der Waals surface area contributed by atoms with Crippen LogP contribution in [-0.4, -0.2) is 49.2 Å². The van der Waals surface area contributed by atoms with Crippen molar-refractivity contribution < 1.29 is 22.7 Å². The van der Waals surface area contributed by atoms with Crippen molar-refractivity contribution >= 4 is 46.3 Å². The molecule has 1 aliphatic heterocycles. The highest BCUT2D eigenvalue weighted by Gasteiger charge is 2.35. The van der Waals surface area contributed by atoms with Crippen molar-refractivity contribution in [2.24, 2.45) is 5.73 Å². The van der Waals surface area contributed by atoms with Crippen molar-refractivity contribution in [3.8, 4) is 17.0 Å². The number of carbonyl (C=O) groups excluding carboxylic acids is 1. The van der Waals surface area contributed by atoms with E-state index in [0.717, 1.165) is 17.2 Å². The Morgan fingerprint density at radius 3 is 2.41 bits per heavy atom. The molecule has 1 fully saturated rings. The van der Waals surface area contributed by atoms with E-state index in [9.17, 15) is 18.0 Å². The van der Waals surface area contributed by atoms with Gasteiger partial charge < -0.3 is 26.0 Å². The maximum Gasteiger partial charge on any atom is 0.418 e. The Labute approximate surface area is 228 Å². The molecule has 0 spiro atoms. The third-order valence-electron chi connectivity index (χ3n) is 6.44. The van der Waals surface area contributed by atoms with Crippen LogP contribution in [0.25, 0.3) is 22.0 Å². The Kier molecular flexibility index (Phi) is 8.12. The van der Waals surface area contributed by atoms with Gasteiger partial charge in [0.15, 0.2) is 0 Å². The first kappa shape index (κ1) is 27.9. The van der Waals surface area contributed by atoms with E-state index in [0.29, 0.717) is 43.0 Å². The summed E-state index contributed by atoms with van der Waals surface area (Å²) in [5, 5.41) is 6.70. The second kappa shape index (κ2) is 11.3. The molecule has 2 aromatic heterocycles. The monoisotopic (exact) mass is 558 g/mol. The first-order valence-corrected chi connectivity index (χ1v) is 11.9. The third kappa shape index (κ3) is 5.84. The second-order valence-corrected chi connectivity index (χ2v) is 8.82. The van der Waals surface area contributed by atoms with Gasteiger partial charge in [0.05, 0.1) is 29.4 Å². The number of nitrogens with two attached hydrogens (primary N) is 1. The average Bonchev–Trinajstić information content (AvgIpc) is 2.93. The molecule has 1 amide bonds. The summed E-state index contributed by atoms with van der Waals surface area (Å²) < 4.78 is 47.4. The third-order valence-corrected chi connectivity index (χ3v) is 6.44. The molecule has 12 heteroatoms. The van der Waals surface area contributed by atoms with Gasteiger partial charge in [-0.05, 0) is 42.0 Å². The minimum Gasteiger partial charge on any atom is -0.481 e. The lowest BCUT2D eigenvalue weighted by atomic mass is 10.0. The fourth-order valence-electron chi connectivity index (χ4n) is 4.53. The molecule has 204 valence electrons. The fourth-order valence-corrected chi connectivity index (χ4v) is 4.53. The number of nitrogens with one attached hydrogen (secondary N) is 2. The smallest absolute Gasteiger partial charge is 0.418 e. The van der Waals surface area contributed by atoms with Crippen LogP contribution in [-0.2, 0) is 6.18 Å². The van der Waals surface area contributed by atoms with Crippen molar-refractivity contribution in [2.45, 2.75) is 6.18 Å². The highest BCUT2D eigenvalue weighted by molar-refractivity contribution is 6.08. The van der Waals surface area contributed by atoms with Crippen molar-refractivity contribution in [2.75, 3.05) is 43.5 Å². The first-order valence-electron chi connectivity index (χ1n) is 11.9. The Hall–Kier alpha value is -4.09. The predicted octanol–water partition coefficient (Wildman–Crippen LogP) is 5.00. The number of primary amides is 1. The van der Waals surface area contributed by atoms with Gasteiger partial charge in [0.25, 0.3) is 5.91 Å². The van der Waals surface area contributed by atoms with Crippen LogP contribution in [0.1, 0.15) is 15.9 Å². The van der Waals surface area contributed by atoms with Gasteiger partial charge in [0.2, 0.25) is 5.88 Å². The molecule has 1 saturated heterocycles. The number of piperazine rings is 1. The molecular weight excluding hydrogens is 533 g/mol. The van der Waals surface area contributed by atoms with Crippen LogP contribution in [0, 0.1) is 0 Å². The van der Waals surface area contributed by atoms with E-state index >= 15 is 0 Å². The summed E-state index contributed by atoms with van der Waals surface area (Å²) in [5.74, 6) is -0.300. The molecule has 4 N–H and O–H groups in total. The summed E-state index contributed by atoms with van der Waals surface area (Å²) in [7, 11) is 1.52. The summed E-state index contributed by atoms with van der Waals surface area (Å²) >= 11 is 0. The summed E-state index contributed by atoms with van der Waals surface area (Å²) in [5.41, 5.74) is 7.57. The molecule has 2 aromatic carbocycles. The van der Waals surface area contributed by atoms with E-state index in [4.69, 9.17) is 10.5 Å². The number of benzene rings is 2. The van der Waals surface area contributed by atoms with Gasteiger partial charge in [-0.3, -0.25) is 9.78 Å². The van der Waals surface area contributed by atoms with Crippen LogP contribution in [0.3, 0.4) is 0 Å². The molecule has 4 aromatic rings.